The minimum Gasteiger partial charge on any atom is -0.443 e. The lowest BCUT2D eigenvalue weighted by Crippen LogP contribution is -2.65. The number of carbonyl (C=O) groups excluding carboxylic acids is 3. The summed E-state index contributed by atoms with van der Waals surface area (Å²) in [6.07, 6.45) is -0.365. The molecule has 8 heteroatoms. The number of hydrogen-bond acceptors (Lipinski definition) is 6. The van der Waals surface area contributed by atoms with E-state index in [9.17, 15) is 14.4 Å². The van der Waals surface area contributed by atoms with Gasteiger partial charge in [-0.2, -0.15) is 0 Å². The summed E-state index contributed by atoms with van der Waals surface area (Å²) in [6.45, 7) is 20.0. The maximum Gasteiger partial charge on any atom is 0.430 e. The van der Waals surface area contributed by atoms with Gasteiger partial charge in [0.25, 0.3) is 0 Å². The Bertz CT molecular complexity index is 560. The predicted molar refractivity (Wildman–Crippen MR) is 113 cm³/mol. The van der Waals surface area contributed by atoms with Crippen LogP contribution in [0.1, 0.15) is 82.6 Å². The number of carbonyl (C=O) groups is 3. The second kappa shape index (κ2) is 9.37. The molecule has 7 nitrogen and oxygen atoms in total. The van der Waals surface area contributed by atoms with Gasteiger partial charge < -0.3 is 14.3 Å². The summed E-state index contributed by atoms with van der Waals surface area (Å²) < 4.78 is 10.6. The molecule has 1 N–H and O–H groups in total. The van der Waals surface area contributed by atoms with E-state index in [0.29, 0.717) is 12.7 Å². The van der Waals surface area contributed by atoms with Crippen LogP contribution in [0.5, 0.6) is 0 Å². The molecule has 28 heavy (non-hydrogen) atoms. The molecule has 0 rings (SSSR count). The van der Waals surface area contributed by atoms with Crippen molar-refractivity contribution in [2.75, 3.05) is 0 Å². The van der Waals surface area contributed by atoms with Gasteiger partial charge in [0, 0.05) is 10.00 Å². The van der Waals surface area contributed by atoms with Crippen molar-refractivity contribution in [1.29, 1.82) is 0 Å². The summed E-state index contributed by atoms with van der Waals surface area (Å²) in [7, 11) is 0. The first-order chi connectivity index (χ1) is 12.3. The molecule has 0 aromatic carbocycles. The number of ether oxygens (including phenoxy) is 2. The molecule has 2 amide bonds. The molecule has 0 aromatic rings. The number of hydrogen-bond donors (Lipinski definition) is 1. The fourth-order valence-corrected chi connectivity index (χ4v) is 3.80. The van der Waals surface area contributed by atoms with Gasteiger partial charge in [-0.3, -0.25) is 0 Å². The van der Waals surface area contributed by atoms with Crippen molar-refractivity contribution < 1.29 is 23.9 Å². The number of nitrogens with zero attached hydrogens (tertiary/aromatic N) is 1. The summed E-state index contributed by atoms with van der Waals surface area (Å²) in [4.78, 5) is 37.5. The van der Waals surface area contributed by atoms with Crippen molar-refractivity contribution in [3.8, 4) is 0 Å². The molecule has 0 aromatic heterocycles. The predicted octanol–water partition coefficient (Wildman–Crippen LogP) is 4.93. The second-order valence-electron chi connectivity index (χ2n) is 9.90. The zero-order valence-electron chi connectivity index (χ0n) is 19.3. The molecular formula is C20H38N2O5S. The molecule has 0 heterocycles. The van der Waals surface area contributed by atoms with Gasteiger partial charge in [0.2, 0.25) is 0 Å². The van der Waals surface area contributed by atoms with E-state index < -0.39 is 28.9 Å². The van der Waals surface area contributed by atoms with Crippen molar-refractivity contribution in [3.63, 3.8) is 0 Å². The van der Waals surface area contributed by atoms with Gasteiger partial charge in [-0.1, -0.05) is 27.7 Å². The second-order valence-corrected chi connectivity index (χ2v) is 11.9. The molecule has 0 radical (unpaired) electrons. The third kappa shape index (κ3) is 9.17. The normalized spacial score (nSPS) is 15.8. The summed E-state index contributed by atoms with van der Waals surface area (Å²) in [5.41, 5.74) is -0.457. The molecule has 0 saturated heterocycles. The Morgan fingerprint density at radius 3 is 1.75 bits per heavy atom. The first-order valence-electron chi connectivity index (χ1n) is 9.51. The quantitative estimate of drug-likeness (QED) is 0.503. The monoisotopic (exact) mass is 418 g/mol. The SMILES string of the molecule is CC[C@H](SC(C)(C)C)[C@@](C)(C=O)N(NC(=O)OC(C)(C)C)C(=O)OC(C)(C)C. The van der Waals surface area contributed by atoms with Crippen molar-refractivity contribution in [2.24, 2.45) is 0 Å². The Hall–Kier alpha value is -1.44. The first-order valence-corrected chi connectivity index (χ1v) is 10.4. The molecule has 0 aliphatic carbocycles. The van der Waals surface area contributed by atoms with Crippen LogP contribution >= 0.6 is 11.8 Å². The number of hydrazine groups is 1. The first kappa shape index (κ1) is 26.6. The van der Waals surface area contributed by atoms with Crippen LogP contribution in [0.15, 0.2) is 0 Å². The number of aldehydes is 1. The van der Waals surface area contributed by atoms with Crippen molar-refractivity contribution in [3.05, 3.63) is 0 Å². The van der Waals surface area contributed by atoms with Gasteiger partial charge in [0.05, 0.1) is 0 Å². The van der Waals surface area contributed by atoms with E-state index in [1.165, 1.54) is 0 Å². The fourth-order valence-electron chi connectivity index (χ4n) is 2.38. The highest BCUT2D eigenvalue weighted by Gasteiger charge is 2.46. The number of rotatable bonds is 5. The van der Waals surface area contributed by atoms with Crippen LogP contribution in [0, 0.1) is 0 Å². The van der Waals surface area contributed by atoms with Gasteiger partial charge in [0.15, 0.2) is 0 Å². The lowest BCUT2D eigenvalue weighted by Gasteiger charge is -2.43. The lowest BCUT2D eigenvalue weighted by atomic mass is 9.96. The summed E-state index contributed by atoms with van der Waals surface area (Å²) in [5, 5.41) is 0.680. The van der Waals surface area contributed by atoms with E-state index >= 15 is 0 Å². The Balaban J connectivity index is 6.03. The van der Waals surface area contributed by atoms with Gasteiger partial charge in [-0.05, 0) is 54.9 Å². The minimum atomic E-state index is -1.34. The maximum absolute atomic E-state index is 12.9. The molecule has 0 spiro atoms. The molecule has 2 atom stereocenters. The third-order valence-electron chi connectivity index (χ3n) is 3.42. The van der Waals surface area contributed by atoms with E-state index in [-0.39, 0.29) is 10.00 Å². The molecule has 0 saturated carbocycles. The fraction of sp³-hybridized carbons (Fsp3) is 0.850. The smallest absolute Gasteiger partial charge is 0.430 e. The minimum absolute atomic E-state index is 0.156. The summed E-state index contributed by atoms with van der Waals surface area (Å²) >= 11 is 1.56. The van der Waals surface area contributed by atoms with Crippen LogP contribution in [0.4, 0.5) is 9.59 Å². The highest BCUT2D eigenvalue weighted by molar-refractivity contribution is 8.01. The average molecular weight is 419 g/mol. The molecule has 0 aliphatic rings. The maximum atomic E-state index is 12.9. The van der Waals surface area contributed by atoms with Gasteiger partial charge >= 0.3 is 12.2 Å². The van der Waals surface area contributed by atoms with Crippen LogP contribution in [-0.2, 0) is 14.3 Å². The van der Waals surface area contributed by atoms with Crippen LogP contribution < -0.4 is 5.43 Å². The topological polar surface area (TPSA) is 84.9 Å². The zero-order valence-corrected chi connectivity index (χ0v) is 20.1. The van der Waals surface area contributed by atoms with Crippen LogP contribution in [0.3, 0.4) is 0 Å². The summed E-state index contributed by atoms with van der Waals surface area (Å²) in [5.74, 6) is 0. The van der Waals surface area contributed by atoms with Crippen molar-refractivity contribution >= 4 is 30.2 Å². The Kier molecular flexibility index (Phi) is 8.89. The Labute approximate surface area is 174 Å². The largest absolute Gasteiger partial charge is 0.443 e. The molecule has 0 fully saturated rings. The highest BCUT2D eigenvalue weighted by Crippen LogP contribution is 2.38. The van der Waals surface area contributed by atoms with E-state index in [4.69, 9.17) is 9.47 Å². The van der Waals surface area contributed by atoms with Crippen molar-refractivity contribution in [2.45, 2.75) is 109 Å². The molecule has 0 aliphatic heterocycles. The third-order valence-corrected chi connectivity index (χ3v) is 5.22. The van der Waals surface area contributed by atoms with E-state index in [2.05, 4.69) is 5.43 Å². The highest BCUT2D eigenvalue weighted by atomic mass is 32.2. The lowest BCUT2D eigenvalue weighted by molar-refractivity contribution is -0.119. The van der Waals surface area contributed by atoms with E-state index in [1.807, 2.05) is 27.7 Å². The van der Waals surface area contributed by atoms with Gasteiger partial charge in [-0.25, -0.2) is 20.0 Å². The van der Waals surface area contributed by atoms with Crippen molar-refractivity contribution in [1.82, 2.24) is 10.4 Å². The van der Waals surface area contributed by atoms with Crippen LogP contribution in [0.25, 0.3) is 0 Å². The van der Waals surface area contributed by atoms with E-state index in [1.54, 1.807) is 60.2 Å². The standard InChI is InChI=1S/C20H38N2O5S/c1-12-14(28-19(8,9)10)20(11,13-23)22(16(25)27-18(5,6)7)21-15(24)26-17(2,3)4/h13-14H,12H2,1-11H3,(H,21,24)/t14-,20+/m0/s1. The number of thioether (sulfide) groups is 1. The van der Waals surface area contributed by atoms with Crippen LogP contribution in [-0.4, -0.2) is 50.2 Å². The average Bonchev–Trinajstić information content (AvgIpc) is 2.45. The Morgan fingerprint density at radius 1 is 0.964 bits per heavy atom. The van der Waals surface area contributed by atoms with Gasteiger partial charge in [-0.15, -0.1) is 11.8 Å². The zero-order chi connectivity index (χ0) is 22.6. The van der Waals surface area contributed by atoms with Gasteiger partial charge in [0.1, 0.15) is 23.0 Å². The summed E-state index contributed by atoms with van der Waals surface area (Å²) in [6, 6.07) is 0. The van der Waals surface area contributed by atoms with E-state index in [0.717, 1.165) is 5.01 Å². The van der Waals surface area contributed by atoms with Crippen LogP contribution in [0.2, 0.25) is 0 Å². The molecule has 0 unspecified atom stereocenters. The number of nitrogens with one attached hydrogen (secondary N) is 1. The molecule has 0 bridgehead atoms. The number of amides is 2. The molecular weight excluding hydrogens is 380 g/mol. The Morgan fingerprint density at radius 2 is 1.43 bits per heavy atom. The molecule has 164 valence electrons.